The Morgan fingerprint density at radius 1 is 0.868 bits per heavy atom. The minimum Gasteiger partial charge on any atom is -0.393 e. The fourth-order valence-electron chi connectivity index (χ4n) is 2.52. The van der Waals surface area contributed by atoms with E-state index in [1.807, 2.05) is 62.4 Å². The fourth-order valence-corrected chi connectivity index (χ4v) is 2.68. The molecule has 2 aliphatic rings. The van der Waals surface area contributed by atoms with E-state index in [1.165, 1.54) is 38.5 Å². The van der Waals surface area contributed by atoms with Gasteiger partial charge in [0, 0.05) is 6.04 Å². The van der Waals surface area contributed by atoms with E-state index in [0.29, 0.717) is 12.0 Å². The molecule has 4 heteroatoms. The summed E-state index contributed by atoms with van der Waals surface area (Å²) in [4.78, 5) is 0. The number of nitrogens with one attached hydrogen (secondary N) is 2. The van der Waals surface area contributed by atoms with Gasteiger partial charge in [-0.25, -0.2) is 0 Å². The van der Waals surface area contributed by atoms with Gasteiger partial charge in [0.2, 0.25) is 0 Å². The van der Waals surface area contributed by atoms with Crippen LogP contribution in [-0.2, 0) is 0 Å². The molecule has 0 bridgehead atoms. The summed E-state index contributed by atoms with van der Waals surface area (Å²) in [6.45, 7) is 32.8. The lowest BCUT2D eigenvalue weighted by Gasteiger charge is -2.15. The molecule has 0 radical (unpaired) electrons. The van der Waals surface area contributed by atoms with Gasteiger partial charge in [-0.05, 0) is 69.9 Å². The fraction of sp³-hybridized carbons (Fsp3) is 0.882. The van der Waals surface area contributed by atoms with Gasteiger partial charge in [0.25, 0.3) is 0 Å². The molecule has 236 valence electrons. The lowest BCUT2D eigenvalue weighted by molar-refractivity contribution is 0.144. The topological polar surface area (TPSA) is 44.3 Å². The van der Waals surface area contributed by atoms with E-state index in [-0.39, 0.29) is 11.5 Å². The molecule has 0 heterocycles. The van der Waals surface area contributed by atoms with Gasteiger partial charge in [-0.3, -0.25) is 10.9 Å². The Kier molecular flexibility index (Phi) is 58.1. The van der Waals surface area contributed by atoms with Crippen LogP contribution in [0.5, 0.6) is 0 Å². The molecule has 3 atom stereocenters. The molecule has 0 spiro atoms. The lowest BCUT2D eigenvalue weighted by atomic mass is 9.93. The van der Waals surface area contributed by atoms with Crippen LogP contribution >= 0.6 is 11.6 Å². The average Bonchev–Trinajstić information content (AvgIpc) is 3.44. The van der Waals surface area contributed by atoms with E-state index in [4.69, 9.17) is 16.7 Å². The minimum absolute atomic E-state index is 0.148. The van der Waals surface area contributed by atoms with Gasteiger partial charge in [0.15, 0.2) is 0 Å². The molecule has 3 N–H and O–H groups in total. The maximum absolute atomic E-state index is 8.63. The van der Waals surface area contributed by atoms with Gasteiger partial charge in [0.1, 0.15) is 0 Å². The van der Waals surface area contributed by atoms with Gasteiger partial charge < -0.3 is 5.11 Å². The van der Waals surface area contributed by atoms with Crippen LogP contribution in [0.25, 0.3) is 0 Å². The highest BCUT2D eigenvalue weighted by atomic mass is 35.5. The number of allylic oxidation sites excluding steroid dienone is 4. The number of hydrazine groups is 1. The minimum atomic E-state index is -0.148. The first-order chi connectivity index (χ1) is 18.0. The van der Waals surface area contributed by atoms with Crippen molar-refractivity contribution in [2.45, 2.75) is 173 Å². The van der Waals surface area contributed by atoms with Crippen LogP contribution in [0.2, 0.25) is 0 Å². The normalized spacial score (nSPS) is 16.7. The highest BCUT2D eigenvalue weighted by molar-refractivity contribution is 6.22. The first-order valence-electron chi connectivity index (χ1n) is 16.1. The number of hydrogen-bond donors (Lipinski definition) is 3. The maximum Gasteiger partial charge on any atom is 0.0553 e. The molecule has 0 amide bonds. The van der Waals surface area contributed by atoms with E-state index in [2.05, 4.69) is 77.5 Å². The predicted octanol–water partition coefficient (Wildman–Crippen LogP) is 11.4. The van der Waals surface area contributed by atoms with Crippen molar-refractivity contribution in [3.63, 3.8) is 0 Å². The number of aliphatic hydroxyl groups is 1. The Bertz CT molecular complexity index is 419. The van der Waals surface area contributed by atoms with Crippen molar-refractivity contribution >= 4 is 11.6 Å². The summed E-state index contributed by atoms with van der Waals surface area (Å²) in [5.74, 6) is 2.09. The molecule has 0 aromatic rings. The number of aliphatic hydroxyl groups excluding tert-OH is 1. The second-order valence-corrected chi connectivity index (χ2v) is 10.5. The molecule has 2 rings (SSSR count). The smallest absolute Gasteiger partial charge is 0.0553 e. The number of alkyl halides is 1. The second kappa shape index (κ2) is 43.7. The molecular weight excluding hydrogens is 488 g/mol. The number of hydrogen-bond acceptors (Lipinski definition) is 3. The summed E-state index contributed by atoms with van der Waals surface area (Å²) in [5.41, 5.74) is 7.46. The molecule has 3 unspecified atom stereocenters. The Morgan fingerprint density at radius 3 is 1.45 bits per heavy atom. The third-order valence-electron chi connectivity index (χ3n) is 4.87. The van der Waals surface area contributed by atoms with E-state index in [1.54, 1.807) is 12.5 Å². The molecule has 0 aromatic heterocycles. The van der Waals surface area contributed by atoms with Crippen LogP contribution < -0.4 is 10.9 Å². The highest BCUT2D eigenvalue weighted by Crippen LogP contribution is 2.33. The van der Waals surface area contributed by atoms with Crippen molar-refractivity contribution in [1.82, 2.24) is 10.9 Å². The van der Waals surface area contributed by atoms with E-state index < -0.39 is 0 Å². The highest BCUT2D eigenvalue weighted by Gasteiger charge is 2.19. The first kappa shape index (κ1) is 50.5. The van der Waals surface area contributed by atoms with Crippen molar-refractivity contribution in [2.75, 3.05) is 7.05 Å². The van der Waals surface area contributed by atoms with Gasteiger partial charge >= 0.3 is 0 Å². The average molecular weight is 565 g/mol. The van der Waals surface area contributed by atoms with Crippen LogP contribution in [0, 0.1) is 17.8 Å². The van der Waals surface area contributed by atoms with Gasteiger partial charge in [-0.1, -0.05) is 134 Å². The predicted molar refractivity (Wildman–Crippen MR) is 182 cm³/mol. The Labute approximate surface area is 249 Å². The molecule has 1 saturated carbocycles. The summed E-state index contributed by atoms with van der Waals surface area (Å²) in [5, 5.41) is 8.88. The molecule has 38 heavy (non-hydrogen) atoms. The molecule has 0 aromatic carbocycles. The van der Waals surface area contributed by atoms with Crippen LogP contribution in [0.1, 0.15) is 156 Å². The van der Waals surface area contributed by atoms with Crippen LogP contribution in [0.3, 0.4) is 0 Å². The Balaban J connectivity index is -0.0000000863. The maximum atomic E-state index is 8.63. The van der Waals surface area contributed by atoms with Crippen LogP contribution in [0.15, 0.2) is 23.8 Å². The summed E-state index contributed by atoms with van der Waals surface area (Å²) in [6.07, 6.45) is 15.6. The van der Waals surface area contributed by atoms with E-state index >= 15 is 0 Å². The quantitative estimate of drug-likeness (QED) is 0.230. The number of halogens is 1. The van der Waals surface area contributed by atoms with Crippen LogP contribution in [-0.4, -0.2) is 29.7 Å². The number of rotatable bonds is 5. The van der Waals surface area contributed by atoms with Crippen molar-refractivity contribution < 1.29 is 5.11 Å². The molecule has 1 fully saturated rings. The van der Waals surface area contributed by atoms with Gasteiger partial charge in [0.05, 0.1) is 11.5 Å². The molecule has 3 nitrogen and oxygen atoms in total. The SMILES string of the molecule is CC.CC.CC.CC(C)C.CC(C)C(C)O.CCC.CCC(C)NNC.ClC1C=CC(C2CCCC2)=CC1. The third kappa shape index (κ3) is 48.7. The molecule has 0 aliphatic heterocycles. The lowest BCUT2D eigenvalue weighted by Crippen LogP contribution is -2.35. The van der Waals surface area contributed by atoms with Crippen molar-refractivity contribution in [3.05, 3.63) is 23.8 Å². The van der Waals surface area contributed by atoms with Gasteiger partial charge in [-0.2, -0.15) is 0 Å². The van der Waals surface area contributed by atoms with E-state index in [0.717, 1.165) is 18.3 Å². The van der Waals surface area contributed by atoms with Crippen molar-refractivity contribution in [1.29, 1.82) is 0 Å². The molecule has 0 saturated heterocycles. The van der Waals surface area contributed by atoms with Crippen molar-refractivity contribution in [3.8, 4) is 0 Å². The summed E-state index contributed by atoms with van der Waals surface area (Å²) < 4.78 is 0. The standard InChI is InChI=1S/C11H15Cl.C5H14N2.C5H12O.C4H10.C3H8.3C2H6/c12-11-7-5-10(6-8-11)9-3-1-2-4-9;1-4-5(2)7-6-3;1-4(2)5(3)6;1-4(2)3;1-3-2;3*1-2/h5-7,9,11H,1-4,8H2;5-7H,4H2,1-3H3;4-6H,1-3H3;4H,1-3H3;3H2,1-2H3;3*1-2H3. The van der Waals surface area contributed by atoms with E-state index in [9.17, 15) is 0 Å². The Hall–Kier alpha value is -0.350. The largest absolute Gasteiger partial charge is 0.393 e. The second-order valence-electron chi connectivity index (χ2n) is 9.92. The summed E-state index contributed by atoms with van der Waals surface area (Å²) in [6, 6.07) is 0.588. The third-order valence-corrected chi connectivity index (χ3v) is 5.19. The van der Waals surface area contributed by atoms with Crippen molar-refractivity contribution in [2.24, 2.45) is 17.8 Å². The summed E-state index contributed by atoms with van der Waals surface area (Å²) in [7, 11) is 1.88. The first-order valence-corrected chi connectivity index (χ1v) is 16.5. The molecular formula is C34H77ClN2O. The Morgan fingerprint density at radius 2 is 1.24 bits per heavy atom. The van der Waals surface area contributed by atoms with Crippen LogP contribution in [0.4, 0.5) is 0 Å². The monoisotopic (exact) mass is 565 g/mol. The zero-order valence-corrected chi connectivity index (χ0v) is 30.2. The summed E-state index contributed by atoms with van der Waals surface area (Å²) >= 11 is 5.96. The zero-order chi connectivity index (χ0) is 31.5. The van der Waals surface area contributed by atoms with Gasteiger partial charge in [-0.15, -0.1) is 11.6 Å². The molecule has 2 aliphatic carbocycles. The zero-order valence-electron chi connectivity index (χ0n) is 29.5.